The van der Waals surface area contributed by atoms with Crippen molar-refractivity contribution in [3.63, 3.8) is 0 Å². The molecule has 0 saturated carbocycles. The van der Waals surface area contributed by atoms with E-state index in [4.69, 9.17) is 0 Å². The van der Waals surface area contributed by atoms with Crippen LogP contribution in [0.4, 0.5) is 5.69 Å². The zero-order valence-corrected chi connectivity index (χ0v) is 12.7. The van der Waals surface area contributed by atoms with Crippen LogP contribution in [0.15, 0.2) is 41.4 Å². The van der Waals surface area contributed by atoms with Gasteiger partial charge >= 0.3 is 0 Å². The topological polar surface area (TPSA) is 29.4 Å². The number of benzene rings is 1. The van der Waals surface area contributed by atoms with Crippen molar-refractivity contribution in [1.82, 2.24) is 0 Å². The molecule has 0 atom stereocenters. The van der Waals surface area contributed by atoms with Crippen LogP contribution in [0.25, 0.3) is 0 Å². The fourth-order valence-corrected chi connectivity index (χ4v) is 1.97. The van der Waals surface area contributed by atoms with Crippen molar-refractivity contribution >= 4 is 29.5 Å². The second kappa shape index (κ2) is 7.64. The number of nitrogens with zero attached hydrogens (tertiary/aromatic N) is 1. The molecule has 1 heterocycles. The third-order valence-electron chi connectivity index (χ3n) is 1.94. The van der Waals surface area contributed by atoms with Gasteiger partial charge in [-0.05, 0) is 17.0 Å². The van der Waals surface area contributed by atoms with Gasteiger partial charge in [-0.15, -0.1) is 11.3 Å². The third kappa shape index (κ3) is 4.62. The monoisotopic (exact) mass is 316 g/mol. The van der Waals surface area contributed by atoms with Crippen LogP contribution in [0.2, 0.25) is 0 Å². The van der Waals surface area contributed by atoms with Gasteiger partial charge in [0.1, 0.15) is 0 Å². The van der Waals surface area contributed by atoms with Gasteiger partial charge in [-0.1, -0.05) is 6.42 Å². The Morgan fingerprint density at radius 3 is 2.88 bits per heavy atom. The van der Waals surface area contributed by atoms with Crippen molar-refractivity contribution in [2.75, 3.05) is 0 Å². The number of aldehydes is 1. The van der Waals surface area contributed by atoms with Crippen molar-refractivity contribution in [2.45, 2.75) is 6.42 Å². The van der Waals surface area contributed by atoms with E-state index in [0.29, 0.717) is 6.42 Å². The first-order valence-corrected chi connectivity index (χ1v) is 5.64. The molecule has 1 aromatic carbocycles. The van der Waals surface area contributed by atoms with E-state index in [9.17, 15) is 4.79 Å². The largest absolute Gasteiger partial charge is 0.481 e. The van der Waals surface area contributed by atoms with Crippen LogP contribution in [-0.4, -0.2) is 12.5 Å². The van der Waals surface area contributed by atoms with E-state index in [1.54, 1.807) is 0 Å². The van der Waals surface area contributed by atoms with Crippen LogP contribution in [0, 0.1) is 6.07 Å². The van der Waals surface area contributed by atoms with Crippen LogP contribution in [0.1, 0.15) is 14.5 Å². The molecule has 1 radical (unpaired) electrons. The zero-order chi connectivity index (χ0) is 11.2. The minimum absolute atomic E-state index is 0. The maximum Gasteiger partial charge on any atom is 0.160 e. The number of thiophene rings is 1. The third-order valence-corrected chi connectivity index (χ3v) is 2.95. The standard InChI is InChI=1S/C13H9NOS.Y/c15-10-13-7-6-12(16-13)8-9-14-11-4-2-1-3-5-11;/h1-4,6-7,10H,8H2;/q-2;. The number of rotatable bonds is 4. The molecule has 0 aliphatic carbocycles. The van der Waals surface area contributed by atoms with Crippen molar-refractivity contribution < 1.29 is 37.5 Å². The van der Waals surface area contributed by atoms with Gasteiger partial charge in [0, 0.05) is 32.7 Å². The number of hydrogen-bond donors (Lipinski definition) is 0. The average Bonchev–Trinajstić information content (AvgIpc) is 2.78. The number of carbonyl (C=O) groups excluding carboxylic acids is 1. The summed E-state index contributed by atoms with van der Waals surface area (Å²) in [5.74, 6) is 0. The first kappa shape index (κ1) is 14.4. The predicted octanol–water partition coefficient (Wildman–Crippen LogP) is 3.18. The van der Waals surface area contributed by atoms with Crippen molar-refractivity contribution in [3.8, 4) is 0 Å². The van der Waals surface area contributed by atoms with E-state index in [0.717, 1.165) is 21.7 Å². The van der Waals surface area contributed by atoms with Gasteiger partial charge in [-0.3, -0.25) is 10.9 Å². The molecule has 2 aromatic rings. The Kier molecular flexibility index (Phi) is 6.49. The average molecular weight is 316 g/mol. The quantitative estimate of drug-likeness (QED) is 0.484. The summed E-state index contributed by atoms with van der Waals surface area (Å²) in [4.78, 5) is 16.4. The molecule has 4 heteroatoms. The molecule has 0 aliphatic rings. The van der Waals surface area contributed by atoms with Crippen molar-refractivity contribution in [2.24, 2.45) is 4.99 Å². The van der Waals surface area contributed by atoms with E-state index in [1.165, 1.54) is 11.3 Å². The maximum atomic E-state index is 10.5. The second-order valence-electron chi connectivity index (χ2n) is 3.12. The molecule has 2 nitrogen and oxygen atoms in total. The Labute approximate surface area is 130 Å². The molecule has 0 bridgehead atoms. The number of para-hydroxylation sites is 1. The van der Waals surface area contributed by atoms with Crippen molar-refractivity contribution in [1.29, 1.82) is 0 Å². The Morgan fingerprint density at radius 2 is 2.24 bits per heavy atom. The molecule has 0 spiro atoms. The molecule has 83 valence electrons. The molecular formula is C13H9NOSY-2. The maximum absolute atomic E-state index is 10.5. The Balaban J connectivity index is 0.00000144. The van der Waals surface area contributed by atoms with Gasteiger partial charge in [0.15, 0.2) is 6.29 Å². The number of hydrogen-bond acceptors (Lipinski definition) is 3. The molecule has 0 amide bonds. The summed E-state index contributed by atoms with van der Waals surface area (Å²) in [5.41, 5.74) is 0.773. The summed E-state index contributed by atoms with van der Waals surface area (Å²) in [5, 5.41) is 0. The summed E-state index contributed by atoms with van der Waals surface area (Å²) < 4.78 is 0. The first-order chi connectivity index (χ1) is 7.88. The molecule has 2 rings (SSSR count). The summed E-state index contributed by atoms with van der Waals surface area (Å²) in [6, 6.07) is 14.2. The van der Waals surface area contributed by atoms with Gasteiger partial charge in [0.25, 0.3) is 0 Å². The molecular weight excluding hydrogens is 307 g/mol. The Bertz CT molecular complexity index is 493. The van der Waals surface area contributed by atoms with E-state index in [1.807, 2.05) is 36.4 Å². The van der Waals surface area contributed by atoms with Crippen LogP contribution in [0.3, 0.4) is 0 Å². The summed E-state index contributed by atoms with van der Waals surface area (Å²) in [7, 11) is 0. The summed E-state index contributed by atoms with van der Waals surface area (Å²) >= 11 is 1.47. The minimum Gasteiger partial charge on any atom is -0.481 e. The smallest absolute Gasteiger partial charge is 0.160 e. The van der Waals surface area contributed by atoms with Crippen LogP contribution in [0.5, 0.6) is 0 Å². The van der Waals surface area contributed by atoms with Crippen molar-refractivity contribution in [3.05, 3.63) is 52.2 Å². The minimum atomic E-state index is 0. The summed E-state index contributed by atoms with van der Waals surface area (Å²) in [6.45, 7) is 0. The predicted molar refractivity (Wildman–Crippen MR) is 65.8 cm³/mol. The molecule has 17 heavy (non-hydrogen) atoms. The van der Waals surface area contributed by atoms with Gasteiger partial charge in [-0.2, -0.15) is 24.4 Å². The van der Waals surface area contributed by atoms with Crippen LogP contribution >= 0.6 is 11.3 Å². The number of carbonyl (C=O) groups is 1. The van der Waals surface area contributed by atoms with Gasteiger partial charge in [0.2, 0.25) is 0 Å². The van der Waals surface area contributed by atoms with E-state index >= 15 is 0 Å². The number of aliphatic imine (C=N–C) groups is 1. The molecule has 1 aromatic heterocycles. The fourth-order valence-electron chi connectivity index (χ4n) is 1.21. The normalized spacial score (nSPS) is 10.1. The molecule has 0 aliphatic heterocycles. The molecule has 0 N–H and O–H groups in total. The Hall–Kier alpha value is -0.636. The molecule has 0 saturated heterocycles. The SMILES string of the molecule is O=Cc1ccc(C[C-]=Nc2[c-]cccc2)s1.[Y]. The van der Waals surface area contributed by atoms with Crippen LogP contribution < -0.4 is 0 Å². The molecule has 0 fully saturated rings. The van der Waals surface area contributed by atoms with Gasteiger partial charge < -0.3 is 4.99 Å². The van der Waals surface area contributed by atoms with E-state index in [2.05, 4.69) is 17.3 Å². The second-order valence-corrected chi connectivity index (χ2v) is 4.32. The van der Waals surface area contributed by atoms with E-state index in [-0.39, 0.29) is 32.7 Å². The zero-order valence-electron chi connectivity index (χ0n) is 9.09. The molecule has 0 unspecified atom stereocenters. The Morgan fingerprint density at radius 1 is 1.35 bits per heavy atom. The van der Waals surface area contributed by atoms with Gasteiger partial charge in [0.05, 0.1) is 4.88 Å². The van der Waals surface area contributed by atoms with Crippen LogP contribution in [-0.2, 0) is 39.1 Å². The van der Waals surface area contributed by atoms with Gasteiger partial charge in [-0.25, -0.2) is 11.8 Å². The first-order valence-electron chi connectivity index (χ1n) is 4.82. The fraction of sp³-hybridized carbons (Fsp3) is 0.0769. The van der Waals surface area contributed by atoms with E-state index < -0.39 is 0 Å². The summed E-state index contributed by atoms with van der Waals surface area (Å²) in [6.07, 6.45) is 4.43.